The lowest BCUT2D eigenvalue weighted by molar-refractivity contribution is 0.0453. The quantitative estimate of drug-likeness (QED) is 0.643. The van der Waals surface area contributed by atoms with E-state index in [2.05, 4.69) is 18.7 Å². The fraction of sp³-hybridized carbons (Fsp3) is 1.00. The molecule has 1 aliphatic rings. The van der Waals surface area contributed by atoms with Crippen molar-refractivity contribution >= 4 is 0 Å². The molecular weight excluding hydrogens is 150 g/mol. The highest BCUT2D eigenvalue weighted by Gasteiger charge is 2.23. The molecule has 2 nitrogen and oxygen atoms in total. The first-order valence-corrected chi connectivity index (χ1v) is 5.00. The van der Waals surface area contributed by atoms with Gasteiger partial charge in [0.2, 0.25) is 0 Å². The van der Waals surface area contributed by atoms with Crippen LogP contribution in [-0.4, -0.2) is 37.2 Å². The molecule has 1 rings (SSSR count). The van der Waals surface area contributed by atoms with E-state index in [9.17, 15) is 0 Å². The molecule has 2 heteroatoms. The minimum Gasteiger partial charge on any atom is -0.383 e. The molecule has 1 aliphatic heterocycles. The molecule has 0 amide bonds. The normalized spacial score (nSPS) is 26.5. The molecule has 0 aromatic carbocycles. The molecule has 0 saturated carbocycles. The van der Waals surface area contributed by atoms with Gasteiger partial charge in [-0.25, -0.2) is 0 Å². The van der Waals surface area contributed by atoms with Gasteiger partial charge in [0.15, 0.2) is 0 Å². The van der Waals surface area contributed by atoms with Crippen LogP contribution in [0.25, 0.3) is 0 Å². The van der Waals surface area contributed by atoms with E-state index >= 15 is 0 Å². The van der Waals surface area contributed by atoms with Gasteiger partial charge in [0.05, 0.1) is 6.61 Å². The average Bonchev–Trinajstić information content (AvgIpc) is 2.05. The van der Waals surface area contributed by atoms with Gasteiger partial charge < -0.3 is 4.74 Å². The second kappa shape index (κ2) is 4.83. The third-order valence-electron chi connectivity index (χ3n) is 2.70. The van der Waals surface area contributed by atoms with Crippen molar-refractivity contribution in [3.8, 4) is 0 Å². The number of likely N-dealkylation sites (tertiary alicyclic amines) is 1. The number of nitrogens with zero attached hydrogens (tertiary/aromatic N) is 1. The first-order chi connectivity index (χ1) is 5.75. The lowest BCUT2D eigenvalue weighted by atomic mass is 10.0. The lowest BCUT2D eigenvalue weighted by Gasteiger charge is -2.38. The lowest BCUT2D eigenvalue weighted by Crippen LogP contribution is -2.46. The van der Waals surface area contributed by atoms with Crippen molar-refractivity contribution in [3.05, 3.63) is 0 Å². The number of methoxy groups -OCH3 is 1. The standard InChI is InChI=1S/C10H21NO/c1-9(2)11-7-5-4-6-10(11)8-12-3/h9-10H,4-8H2,1-3H3/t10-/m1/s1. The SMILES string of the molecule is COC[C@H]1CCCCN1C(C)C. The van der Waals surface area contributed by atoms with Gasteiger partial charge in [0.1, 0.15) is 0 Å². The summed E-state index contributed by atoms with van der Waals surface area (Å²) in [6, 6.07) is 1.34. The van der Waals surface area contributed by atoms with E-state index in [1.54, 1.807) is 7.11 Å². The van der Waals surface area contributed by atoms with Gasteiger partial charge in [-0.1, -0.05) is 6.42 Å². The van der Waals surface area contributed by atoms with Crippen molar-refractivity contribution in [1.82, 2.24) is 4.90 Å². The summed E-state index contributed by atoms with van der Waals surface area (Å²) in [5.74, 6) is 0. The summed E-state index contributed by atoms with van der Waals surface area (Å²) in [5.41, 5.74) is 0. The molecule has 72 valence electrons. The van der Waals surface area contributed by atoms with E-state index in [1.165, 1.54) is 25.8 Å². The fourth-order valence-electron chi connectivity index (χ4n) is 2.07. The molecule has 0 radical (unpaired) electrons. The van der Waals surface area contributed by atoms with Crippen LogP contribution in [0.2, 0.25) is 0 Å². The molecule has 12 heavy (non-hydrogen) atoms. The van der Waals surface area contributed by atoms with Crippen LogP contribution in [0.1, 0.15) is 33.1 Å². The Morgan fingerprint density at radius 1 is 1.42 bits per heavy atom. The minimum absolute atomic E-state index is 0.670. The zero-order chi connectivity index (χ0) is 8.97. The fourth-order valence-corrected chi connectivity index (χ4v) is 2.07. The molecule has 0 aromatic rings. The Morgan fingerprint density at radius 3 is 2.75 bits per heavy atom. The minimum atomic E-state index is 0.670. The molecular formula is C10H21NO. The van der Waals surface area contributed by atoms with Crippen molar-refractivity contribution in [2.75, 3.05) is 20.3 Å². The number of piperidine rings is 1. The molecule has 1 saturated heterocycles. The summed E-state index contributed by atoms with van der Waals surface area (Å²) in [6.45, 7) is 6.70. The highest BCUT2D eigenvalue weighted by Crippen LogP contribution is 2.19. The zero-order valence-electron chi connectivity index (χ0n) is 8.55. The third kappa shape index (κ3) is 2.46. The monoisotopic (exact) mass is 171 g/mol. The number of rotatable bonds is 3. The van der Waals surface area contributed by atoms with Crippen LogP contribution in [0.15, 0.2) is 0 Å². The van der Waals surface area contributed by atoms with Crippen molar-refractivity contribution in [2.24, 2.45) is 0 Å². The molecule has 0 bridgehead atoms. The Kier molecular flexibility index (Phi) is 4.02. The van der Waals surface area contributed by atoms with E-state index in [0.717, 1.165) is 6.61 Å². The summed E-state index contributed by atoms with van der Waals surface area (Å²) in [5, 5.41) is 0. The van der Waals surface area contributed by atoms with Crippen molar-refractivity contribution < 1.29 is 4.74 Å². The molecule has 0 unspecified atom stereocenters. The van der Waals surface area contributed by atoms with E-state index in [1.807, 2.05) is 0 Å². The van der Waals surface area contributed by atoms with Crippen molar-refractivity contribution in [3.63, 3.8) is 0 Å². The average molecular weight is 171 g/mol. The van der Waals surface area contributed by atoms with E-state index in [0.29, 0.717) is 12.1 Å². The smallest absolute Gasteiger partial charge is 0.0618 e. The molecule has 0 aliphatic carbocycles. The van der Waals surface area contributed by atoms with Crippen LogP contribution in [0, 0.1) is 0 Å². The van der Waals surface area contributed by atoms with E-state index in [-0.39, 0.29) is 0 Å². The van der Waals surface area contributed by atoms with E-state index in [4.69, 9.17) is 4.74 Å². The second-order valence-corrected chi connectivity index (χ2v) is 3.94. The Labute approximate surface area is 75.9 Å². The Bertz CT molecular complexity index is 123. The number of hydrogen-bond acceptors (Lipinski definition) is 2. The van der Waals surface area contributed by atoms with Gasteiger partial charge >= 0.3 is 0 Å². The highest BCUT2D eigenvalue weighted by molar-refractivity contribution is 4.78. The van der Waals surface area contributed by atoms with Crippen LogP contribution in [0.4, 0.5) is 0 Å². The van der Waals surface area contributed by atoms with E-state index < -0.39 is 0 Å². The number of ether oxygens (including phenoxy) is 1. The maximum absolute atomic E-state index is 5.22. The molecule has 0 spiro atoms. The Hall–Kier alpha value is -0.0800. The summed E-state index contributed by atoms with van der Waals surface area (Å²) in [4.78, 5) is 2.56. The van der Waals surface area contributed by atoms with Crippen LogP contribution < -0.4 is 0 Å². The first-order valence-electron chi connectivity index (χ1n) is 5.00. The summed E-state index contributed by atoms with van der Waals surface area (Å²) >= 11 is 0. The predicted molar refractivity (Wildman–Crippen MR) is 51.4 cm³/mol. The van der Waals surface area contributed by atoms with Gasteiger partial charge in [0, 0.05) is 19.2 Å². The predicted octanol–water partition coefficient (Wildman–Crippen LogP) is 1.90. The molecule has 1 atom stereocenters. The summed E-state index contributed by atoms with van der Waals surface area (Å²) in [6.07, 6.45) is 4.04. The molecule has 0 N–H and O–H groups in total. The third-order valence-corrected chi connectivity index (χ3v) is 2.70. The van der Waals surface area contributed by atoms with Gasteiger partial charge in [-0.3, -0.25) is 4.90 Å². The van der Waals surface area contributed by atoms with Gasteiger partial charge in [-0.2, -0.15) is 0 Å². The summed E-state index contributed by atoms with van der Waals surface area (Å²) < 4.78 is 5.22. The molecule has 0 aromatic heterocycles. The van der Waals surface area contributed by atoms with Crippen LogP contribution in [-0.2, 0) is 4.74 Å². The van der Waals surface area contributed by atoms with Crippen LogP contribution in [0.3, 0.4) is 0 Å². The maximum Gasteiger partial charge on any atom is 0.0618 e. The maximum atomic E-state index is 5.22. The van der Waals surface area contributed by atoms with Crippen molar-refractivity contribution in [1.29, 1.82) is 0 Å². The topological polar surface area (TPSA) is 12.5 Å². The van der Waals surface area contributed by atoms with Crippen LogP contribution in [0.5, 0.6) is 0 Å². The Balaban J connectivity index is 2.42. The summed E-state index contributed by atoms with van der Waals surface area (Å²) in [7, 11) is 1.80. The first kappa shape index (κ1) is 10.0. The zero-order valence-corrected chi connectivity index (χ0v) is 8.55. The molecule has 1 fully saturated rings. The van der Waals surface area contributed by atoms with Gasteiger partial charge in [-0.05, 0) is 33.2 Å². The largest absolute Gasteiger partial charge is 0.383 e. The van der Waals surface area contributed by atoms with Crippen molar-refractivity contribution in [2.45, 2.75) is 45.2 Å². The Morgan fingerprint density at radius 2 is 2.17 bits per heavy atom. The highest BCUT2D eigenvalue weighted by atomic mass is 16.5. The number of hydrogen-bond donors (Lipinski definition) is 0. The van der Waals surface area contributed by atoms with Gasteiger partial charge in [0.25, 0.3) is 0 Å². The second-order valence-electron chi connectivity index (χ2n) is 3.94. The van der Waals surface area contributed by atoms with Gasteiger partial charge in [-0.15, -0.1) is 0 Å². The molecule has 1 heterocycles. The van der Waals surface area contributed by atoms with Crippen LogP contribution >= 0.6 is 0 Å².